The highest BCUT2D eigenvalue weighted by Crippen LogP contribution is 2.44. The SMILES string of the molecule is COc1c(Cl)cc(Cl)cc1/C(O)=C1\C(=O)C(=O)N(Cc2ccccn2)C1c1cccc(Oc2ccccc2)c1. The zero-order valence-corrected chi connectivity index (χ0v) is 22.2. The van der Waals surface area contributed by atoms with E-state index in [0.29, 0.717) is 22.8 Å². The fraction of sp³-hybridized carbons (Fsp3) is 0.100. The van der Waals surface area contributed by atoms with Gasteiger partial charge < -0.3 is 19.5 Å². The number of ether oxygens (including phenoxy) is 2. The normalized spacial score (nSPS) is 16.4. The van der Waals surface area contributed by atoms with Gasteiger partial charge in [-0.1, -0.05) is 59.6 Å². The quantitative estimate of drug-likeness (QED) is 0.152. The number of aromatic nitrogens is 1. The Hall–Kier alpha value is -4.33. The van der Waals surface area contributed by atoms with Crippen LogP contribution in [0.25, 0.3) is 5.76 Å². The molecule has 9 heteroatoms. The molecule has 0 aliphatic carbocycles. The lowest BCUT2D eigenvalue weighted by molar-refractivity contribution is -0.140. The number of ketones is 1. The highest BCUT2D eigenvalue weighted by molar-refractivity contribution is 6.46. The van der Waals surface area contributed by atoms with Crippen molar-refractivity contribution in [2.75, 3.05) is 7.11 Å². The van der Waals surface area contributed by atoms with E-state index in [0.717, 1.165) is 0 Å². The van der Waals surface area contributed by atoms with Crippen molar-refractivity contribution >= 4 is 40.7 Å². The number of Topliss-reactive ketones (excluding diaryl/α,β-unsaturated/α-hetero) is 1. The summed E-state index contributed by atoms with van der Waals surface area (Å²) in [5, 5.41) is 11.9. The second-order valence-electron chi connectivity index (χ2n) is 8.70. The third kappa shape index (κ3) is 5.32. The topological polar surface area (TPSA) is 89.0 Å². The fourth-order valence-corrected chi connectivity index (χ4v) is 5.09. The minimum absolute atomic E-state index is 0.0318. The average molecular weight is 561 g/mol. The van der Waals surface area contributed by atoms with Crippen LogP contribution in [0.15, 0.2) is 96.7 Å². The van der Waals surface area contributed by atoms with Crippen LogP contribution < -0.4 is 9.47 Å². The molecule has 0 saturated carbocycles. The number of aliphatic hydroxyl groups excluding tert-OH is 1. The van der Waals surface area contributed by atoms with Crippen LogP contribution in [0.3, 0.4) is 0 Å². The van der Waals surface area contributed by atoms with Crippen molar-refractivity contribution in [3.05, 3.63) is 124 Å². The Kier molecular flexibility index (Phi) is 7.54. The summed E-state index contributed by atoms with van der Waals surface area (Å²) in [4.78, 5) is 32.6. The first-order chi connectivity index (χ1) is 18.9. The van der Waals surface area contributed by atoms with Crippen LogP contribution in [0.1, 0.15) is 22.9 Å². The van der Waals surface area contributed by atoms with Crippen molar-refractivity contribution in [1.82, 2.24) is 9.88 Å². The van der Waals surface area contributed by atoms with Gasteiger partial charge in [-0.3, -0.25) is 14.6 Å². The molecule has 1 aliphatic heterocycles. The smallest absolute Gasteiger partial charge is 0.296 e. The maximum absolute atomic E-state index is 13.5. The van der Waals surface area contributed by atoms with Gasteiger partial charge in [-0.05, 0) is 54.1 Å². The number of carbonyl (C=O) groups is 2. The number of likely N-dealkylation sites (tertiary alicyclic amines) is 1. The van der Waals surface area contributed by atoms with E-state index in [9.17, 15) is 14.7 Å². The van der Waals surface area contributed by atoms with E-state index >= 15 is 0 Å². The molecule has 1 aromatic heterocycles. The Balaban J connectivity index is 1.67. The molecule has 0 bridgehead atoms. The number of para-hydroxylation sites is 1. The predicted molar refractivity (Wildman–Crippen MR) is 148 cm³/mol. The highest BCUT2D eigenvalue weighted by atomic mass is 35.5. The number of methoxy groups -OCH3 is 1. The standard InChI is InChI=1S/C30H22Cl2N2O5/c1-38-29-23(15-19(31)16-24(29)32)27(35)25-26(34(30(37)28(25)36)17-20-9-5-6-13-33-20)18-8-7-12-22(14-18)39-21-10-3-2-4-11-21/h2-16,26,35H,17H2,1H3/b27-25+. The minimum atomic E-state index is -0.964. The van der Waals surface area contributed by atoms with Crippen molar-refractivity contribution in [2.24, 2.45) is 0 Å². The Morgan fingerprint density at radius 2 is 1.69 bits per heavy atom. The van der Waals surface area contributed by atoms with Crippen molar-refractivity contribution in [2.45, 2.75) is 12.6 Å². The first kappa shape index (κ1) is 26.3. The lowest BCUT2D eigenvalue weighted by Crippen LogP contribution is -2.29. The summed E-state index contributed by atoms with van der Waals surface area (Å²) in [5.41, 5.74) is 1.08. The number of rotatable bonds is 7. The zero-order valence-electron chi connectivity index (χ0n) is 20.7. The fourth-order valence-electron chi connectivity index (χ4n) is 4.52. The molecule has 4 aromatic rings. The number of pyridine rings is 1. The lowest BCUT2D eigenvalue weighted by Gasteiger charge is -2.25. The summed E-state index contributed by atoms with van der Waals surface area (Å²) in [6.45, 7) is 0.0318. The Labute approximate surface area is 234 Å². The molecule has 5 rings (SSSR count). The number of hydrogen-bond donors (Lipinski definition) is 1. The van der Waals surface area contributed by atoms with E-state index < -0.39 is 23.5 Å². The number of carbonyl (C=O) groups excluding carboxylic acids is 2. The molecule has 1 unspecified atom stereocenters. The monoisotopic (exact) mass is 560 g/mol. The van der Waals surface area contributed by atoms with E-state index in [-0.39, 0.29) is 33.5 Å². The van der Waals surface area contributed by atoms with Gasteiger partial charge in [0.25, 0.3) is 11.7 Å². The summed E-state index contributed by atoms with van der Waals surface area (Å²) in [6, 6.07) is 23.4. The summed E-state index contributed by atoms with van der Waals surface area (Å²) < 4.78 is 11.4. The van der Waals surface area contributed by atoms with Crippen LogP contribution in [-0.2, 0) is 16.1 Å². The minimum Gasteiger partial charge on any atom is -0.507 e. The number of nitrogens with zero attached hydrogens (tertiary/aromatic N) is 2. The molecule has 1 fully saturated rings. The lowest BCUT2D eigenvalue weighted by atomic mass is 9.94. The molecule has 2 heterocycles. The molecule has 1 amide bonds. The summed E-state index contributed by atoms with van der Waals surface area (Å²) in [5.74, 6) is -0.873. The van der Waals surface area contributed by atoms with E-state index in [1.54, 1.807) is 48.7 Å². The molecule has 3 aromatic carbocycles. The summed E-state index contributed by atoms with van der Waals surface area (Å²) in [7, 11) is 1.38. The number of halogens is 2. The molecule has 0 radical (unpaired) electrons. The zero-order chi connectivity index (χ0) is 27.5. The van der Waals surface area contributed by atoms with Crippen LogP contribution in [0.5, 0.6) is 17.2 Å². The Morgan fingerprint density at radius 1 is 0.949 bits per heavy atom. The third-order valence-electron chi connectivity index (χ3n) is 6.22. The molecular weight excluding hydrogens is 539 g/mol. The molecule has 39 heavy (non-hydrogen) atoms. The molecule has 7 nitrogen and oxygen atoms in total. The second-order valence-corrected chi connectivity index (χ2v) is 9.55. The summed E-state index contributed by atoms with van der Waals surface area (Å²) in [6.07, 6.45) is 1.61. The van der Waals surface area contributed by atoms with Gasteiger partial charge in [-0.2, -0.15) is 0 Å². The Morgan fingerprint density at radius 3 is 2.41 bits per heavy atom. The van der Waals surface area contributed by atoms with Crippen molar-refractivity contribution in [3.8, 4) is 17.2 Å². The predicted octanol–water partition coefficient (Wildman–Crippen LogP) is 6.81. The molecule has 1 atom stereocenters. The van der Waals surface area contributed by atoms with Crippen LogP contribution >= 0.6 is 23.2 Å². The van der Waals surface area contributed by atoms with Gasteiger partial charge >= 0.3 is 0 Å². The van der Waals surface area contributed by atoms with Gasteiger partial charge in [0.15, 0.2) is 0 Å². The van der Waals surface area contributed by atoms with Crippen LogP contribution in [0, 0.1) is 0 Å². The molecule has 1 saturated heterocycles. The summed E-state index contributed by atoms with van der Waals surface area (Å²) >= 11 is 12.5. The van der Waals surface area contributed by atoms with Crippen LogP contribution in [0.2, 0.25) is 10.0 Å². The van der Waals surface area contributed by atoms with Crippen LogP contribution in [-0.4, -0.2) is 33.8 Å². The molecule has 1 N–H and O–H groups in total. The molecular formula is C30H22Cl2N2O5. The van der Waals surface area contributed by atoms with E-state index in [1.165, 1.54) is 24.1 Å². The van der Waals surface area contributed by atoms with Gasteiger partial charge in [-0.15, -0.1) is 0 Å². The largest absolute Gasteiger partial charge is 0.507 e. The van der Waals surface area contributed by atoms with E-state index in [2.05, 4.69) is 4.98 Å². The van der Waals surface area contributed by atoms with E-state index in [1.807, 2.05) is 30.3 Å². The number of hydrogen-bond acceptors (Lipinski definition) is 6. The molecule has 1 aliphatic rings. The van der Waals surface area contributed by atoms with Crippen LogP contribution in [0.4, 0.5) is 0 Å². The first-order valence-electron chi connectivity index (χ1n) is 11.9. The maximum Gasteiger partial charge on any atom is 0.296 e. The third-order valence-corrected chi connectivity index (χ3v) is 6.72. The van der Waals surface area contributed by atoms with Gasteiger partial charge in [0.2, 0.25) is 0 Å². The van der Waals surface area contributed by atoms with Crippen molar-refractivity contribution in [3.63, 3.8) is 0 Å². The molecule has 0 spiro atoms. The van der Waals surface area contributed by atoms with Crippen molar-refractivity contribution < 1.29 is 24.2 Å². The van der Waals surface area contributed by atoms with Gasteiger partial charge in [-0.25, -0.2) is 0 Å². The van der Waals surface area contributed by atoms with Gasteiger partial charge in [0.1, 0.15) is 23.0 Å². The number of amides is 1. The van der Waals surface area contributed by atoms with Gasteiger partial charge in [0, 0.05) is 11.2 Å². The first-order valence-corrected chi connectivity index (χ1v) is 12.7. The average Bonchev–Trinajstić information content (AvgIpc) is 3.18. The maximum atomic E-state index is 13.5. The second kappa shape index (κ2) is 11.2. The van der Waals surface area contributed by atoms with Gasteiger partial charge in [0.05, 0.1) is 41.5 Å². The number of benzene rings is 3. The Bertz CT molecular complexity index is 1580. The highest BCUT2D eigenvalue weighted by Gasteiger charge is 2.46. The molecule has 196 valence electrons. The van der Waals surface area contributed by atoms with E-state index in [4.69, 9.17) is 32.7 Å². The number of aliphatic hydroxyl groups is 1. The van der Waals surface area contributed by atoms with Crippen molar-refractivity contribution in [1.29, 1.82) is 0 Å².